The Kier molecular flexibility index (Phi) is 5.61. The van der Waals surface area contributed by atoms with Gasteiger partial charge < -0.3 is 10.2 Å². The fourth-order valence-corrected chi connectivity index (χ4v) is 2.65. The number of rotatable bonds is 5. The molecule has 2 amide bonds. The van der Waals surface area contributed by atoms with E-state index in [-0.39, 0.29) is 17.6 Å². The standard InChI is InChI=1S/C22H19FN2O2/c1-25(22(27)18-7-3-2-4-8-18)20-9-5-6-16(14-20)15-24-21(26)17-10-12-19(23)13-11-17/h2-14H,15H2,1H3,(H,24,26). The molecular weight excluding hydrogens is 343 g/mol. The van der Waals surface area contributed by atoms with Gasteiger partial charge in [-0.05, 0) is 54.1 Å². The van der Waals surface area contributed by atoms with Crippen LogP contribution in [0.25, 0.3) is 0 Å². The van der Waals surface area contributed by atoms with E-state index >= 15 is 0 Å². The van der Waals surface area contributed by atoms with Crippen molar-refractivity contribution in [3.8, 4) is 0 Å². The molecule has 136 valence electrons. The molecule has 0 spiro atoms. The predicted molar refractivity (Wildman–Crippen MR) is 103 cm³/mol. The number of benzene rings is 3. The lowest BCUT2D eigenvalue weighted by Crippen LogP contribution is -2.26. The Morgan fingerprint density at radius 2 is 1.59 bits per heavy atom. The van der Waals surface area contributed by atoms with E-state index in [9.17, 15) is 14.0 Å². The maximum atomic E-state index is 12.9. The number of halogens is 1. The third-order valence-electron chi connectivity index (χ3n) is 4.18. The molecule has 0 saturated heterocycles. The van der Waals surface area contributed by atoms with Crippen molar-refractivity contribution >= 4 is 17.5 Å². The van der Waals surface area contributed by atoms with E-state index < -0.39 is 0 Å². The predicted octanol–water partition coefficient (Wildman–Crippen LogP) is 4.03. The van der Waals surface area contributed by atoms with Crippen LogP contribution in [0.1, 0.15) is 26.3 Å². The summed E-state index contributed by atoms with van der Waals surface area (Å²) in [7, 11) is 1.71. The first kappa shape index (κ1) is 18.3. The Labute approximate surface area is 157 Å². The second-order valence-electron chi connectivity index (χ2n) is 6.09. The van der Waals surface area contributed by atoms with Crippen molar-refractivity contribution in [1.82, 2.24) is 5.32 Å². The molecular formula is C22H19FN2O2. The number of carbonyl (C=O) groups excluding carboxylic acids is 2. The van der Waals surface area contributed by atoms with Gasteiger partial charge in [0.2, 0.25) is 0 Å². The van der Waals surface area contributed by atoms with E-state index in [4.69, 9.17) is 0 Å². The van der Waals surface area contributed by atoms with E-state index in [1.54, 1.807) is 24.1 Å². The molecule has 0 atom stereocenters. The van der Waals surface area contributed by atoms with Crippen molar-refractivity contribution in [2.24, 2.45) is 0 Å². The van der Waals surface area contributed by atoms with E-state index in [0.717, 1.165) is 11.3 Å². The highest BCUT2D eigenvalue weighted by molar-refractivity contribution is 6.05. The molecule has 0 aliphatic heterocycles. The fourth-order valence-electron chi connectivity index (χ4n) is 2.65. The lowest BCUT2D eigenvalue weighted by Gasteiger charge is -2.18. The van der Waals surface area contributed by atoms with Crippen LogP contribution < -0.4 is 10.2 Å². The number of amides is 2. The summed E-state index contributed by atoms with van der Waals surface area (Å²) in [6.45, 7) is 0.303. The smallest absolute Gasteiger partial charge is 0.258 e. The van der Waals surface area contributed by atoms with Gasteiger partial charge in [-0.2, -0.15) is 0 Å². The number of nitrogens with zero attached hydrogens (tertiary/aromatic N) is 1. The molecule has 0 unspecified atom stereocenters. The quantitative estimate of drug-likeness (QED) is 0.745. The fraction of sp³-hybridized carbons (Fsp3) is 0.0909. The van der Waals surface area contributed by atoms with Gasteiger partial charge >= 0.3 is 0 Å². The highest BCUT2D eigenvalue weighted by Crippen LogP contribution is 2.17. The van der Waals surface area contributed by atoms with Crippen molar-refractivity contribution in [2.75, 3.05) is 11.9 Å². The minimum Gasteiger partial charge on any atom is -0.348 e. The third-order valence-corrected chi connectivity index (χ3v) is 4.18. The maximum Gasteiger partial charge on any atom is 0.258 e. The summed E-state index contributed by atoms with van der Waals surface area (Å²) in [4.78, 5) is 26.3. The molecule has 0 radical (unpaired) electrons. The van der Waals surface area contributed by atoms with Crippen LogP contribution in [0.2, 0.25) is 0 Å². The molecule has 3 aromatic rings. The van der Waals surface area contributed by atoms with Crippen LogP contribution in [0, 0.1) is 5.82 Å². The van der Waals surface area contributed by atoms with Gasteiger partial charge in [-0.25, -0.2) is 4.39 Å². The van der Waals surface area contributed by atoms with Crippen molar-refractivity contribution in [1.29, 1.82) is 0 Å². The van der Waals surface area contributed by atoms with Crippen molar-refractivity contribution in [3.05, 3.63) is 101 Å². The lowest BCUT2D eigenvalue weighted by molar-refractivity contribution is 0.0949. The third kappa shape index (κ3) is 4.58. The van der Waals surface area contributed by atoms with Gasteiger partial charge in [0.1, 0.15) is 5.82 Å². The Morgan fingerprint density at radius 1 is 0.889 bits per heavy atom. The highest BCUT2D eigenvalue weighted by atomic mass is 19.1. The van der Waals surface area contributed by atoms with Crippen LogP contribution in [-0.2, 0) is 6.54 Å². The zero-order valence-corrected chi connectivity index (χ0v) is 14.9. The lowest BCUT2D eigenvalue weighted by atomic mass is 10.1. The van der Waals surface area contributed by atoms with Gasteiger partial charge in [0.05, 0.1) is 0 Å². The van der Waals surface area contributed by atoms with Gasteiger partial charge in [-0.3, -0.25) is 9.59 Å². The topological polar surface area (TPSA) is 49.4 Å². The largest absolute Gasteiger partial charge is 0.348 e. The van der Waals surface area contributed by atoms with Crippen molar-refractivity contribution in [2.45, 2.75) is 6.54 Å². The summed E-state index contributed by atoms with van der Waals surface area (Å²) < 4.78 is 12.9. The molecule has 4 nitrogen and oxygen atoms in total. The average molecular weight is 362 g/mol. The number of hydrogen-bond acceptors (Lipinski definition) is 2. The van der Waals surface area contributed by atoms with Crippen LogP contribution in [0.3, 0.4) is 0 Å². The van der Waals surface area contributed by atoms with E-state index in [1.165, 1.54) is 24.3 Å². The van der Waals surface area contributed by atoms with Crippen molar-refractivity contribution in [3.63, 3.8) is 0 Å². The summed E-state index contributed by atoms with van der Waals surface area (Å²) in [5, 5.41) is 2.80. The summed E-state index contributed by atoms with van der Waals surface area (Å²) in [6.07, 6.45) is 0. The van der Waals surface area contributed by atoms with E-state index in [0.29, 0.717) is 17.7 Å². The van der Waals surface area contributed by atoms with Gasteiger partial charge in [-0.1, -0.05) is 30.3 Å². The molecule has 3 rings (SSSR count). The van der Waals surface area contributed by atoms with Crippen LogP contribution in [0.4, 0.5) is 10.1 Å². The summed E-state index contributed by atoms with van der Waals surface area (Å²) >= 11 is 0. The molecule has 0 bridgehead atoms. The first-order valence-electron chi connectivity index (χ1n) is 8.50. The zero-order valence-electron chi connectivity index (χ0n) is 14.9. The Hall–Kier alpha value is -3.47. The summed E-state index contributed by atoms with van der Waals surface area (Å²) in [6, 6.07) is 21.8. The molecule has 1 N–H and O–H groups in total. The van der Waals surface area contributed by atoms with Crippen LogP contribution in [-0.4, -0.2) is 18.9 Å². The van der Waals surface area contributed by atoms with Gasteiger partial charge in [0.25, 0.3) is 11.8 Å². The second-order valence-corrected chi connectivity index (χ2v) is 6.09. The van der Waals surface area contributed by atoms with Crippen LogP contribution >= 0.6 is 0 Å². The van der Waals surface area contributed by atoms with E-state index in [1.807, 2.05) is 42.5 Å². The molecule has 0 saturated carbocycles. The molecule has 0 aliphatic rings. The number of nitrogens with one attached hydrogen (secondary N) is 1. The SMILES string of the molecule is CN(C(=O)c1ccccc1)c1cccc(CNC(=O)c2ccc(F)cc2)c1. The van der Waals surface area contributed by atoms with Crippen molar-refractivity contribution < 1.29 is 14.0 Å². The molecule has 0 aromatic heterocycles. The molecule has 5 heteroatoms. The monoisotopic (exact) mass is 362 g/mol. The summed E-state index contributed by atoms with van der Waals surface area (Å²) in [5.41, 5.74) is 2.59. The minimum absolute atomic E-state index is 0.108. The molecule has 27 heavy (non-hydrogen) atoms. The highest BCUT2D eigenvalue weighted by Gasteiger charge is 2.13. The first-order valence-corrected chi connectivity index (χ1v) is 8.50. The van der Waals surface area contributed by atoms with Gasteiger partial charge in [-0.15, -0.1) is 0 Å². The van der Waals surface area contributed by atoms with Crippen LogP contribution in [0.5, 0.6) is 0 Å². The molecule has 0 aliphatic carbocycles. The Balaban J connectivity index is 1.67. The Morgan fingerprint density at radius 3 is 2.30 bits per heavy atom. The Bertz CT molecular complexity index is 940. The van der Waals surface area contributed by atoms with Gasteiger partial charge in [0.15, 0.2) is 0 Å². The molecule has 3 aromatic carbocycles. The number of carbonyl (C=O) groups is 2. The normalized spacial score (nSPS) is 10.3. The minimum atomic E-state index is -0.384. The molecule has 0 heterocycles. The summed E-state index contributed by atoms with van der Waals surface area (Å²) in [5.74, 6) is -0.775. The second kappa shape index (κ2) is 8.27. The molecule has 0 fully saturated rings. The average Bonchev–Trinajstić information content (AvgIpc) is 2.72. The van der Waals surface area contributed by atoms with Gasteiger partial charge in [0, 0.05) is 30.4 Å². The number of anilines is 1. The van der Waals surface area contributed by atoms with E-state index in [2.05, 4.69) is 5.32 Å². The first-order chi connectivity index (χ1) is 13.0. The van der Waals surface area contributed by atoms with Crippen LogP contribution in [0.15, 0.2) is 78.9 Å². The zero-order chi connectivity index (χ0) is 19.2. The maximum absolute atomic E-state index is 12.9. The number of hydrogen-bond donors (Lipinski definition) is 1.